The summed E-state index contributed by atoms with van der Waals surface area (Å²) in [4.78, 5) is 22.4. The number of nitrogens with one attached hydrogen (secondary N) is 2. The smallest absolute Gasteiger partial charge is 0.325 e. The second kappa shape index (κ2) is 7.45. The summed E-state index contributed by atoms with van der Waals surface area (Å²) in [6.45, 7) is 2.76. The van der Waals surface area contributed by atoms with Gasteiger partial charge in [0.1, 0.15) is 6.04 Å². The number of hydrogen-bond donors (Lipinski definition) is 3. The second-order valence-electron chi connectivity index (χ2n) is 3.84. The molecule has 0 fully saturated rings. The van der Waals surface area contributed by atoms with E-state index in [0.717, 1.165) is 0 Å². The fraction of sp³-hybridized carbons (Fsp3) is 0.385. The molecule has 0 aromatic heterocycles. The minimum Gasteiger partial charge on any atom is -0.480 e. The number of carboxylic acids is 1. The number of rotatable bonds is 7. The van der Waals surface area contributed by atoms with Gasteiger partial charge in [-0.3, -0.25) is 9.59 Å². The summed E-state index contributed by atoms with van der Waals surface area (Å²) < 4.78 is 0. The van der Waals surface area contributed by atoms with Crippen LogP contribution in [0.2, 0.25) is 0 Å². The van der Waals surface area contributed by atoms with E-state index >= 15 is 0 Å². The first-order valence-corrected chi connectivity index (χ1v) is 5.93. The molecular weight excluding hydrogens is 232 g/mol. The summed E-state index contributed by atoms with van der Waals surface area (Å²) in [5.74, 6) is -1.03. The van der Waals surface area contributed by atoms with Crippen LogP contribution in [0.15, 0.2) is 30.3 Å². The molecule has 18 heavy (non-hydrogen) atoms. The van der Waals surface area contributed by atoms with Crippen LogP contribution >= 0.6 is 0 Å². The van der Waals surface area contributed by atoms with Crippen molar-refractivity contribution >= 4 is 11.9 Å². The Kier molecular flexibility index (Phi) is 5.87. The van der Waals surface area contributed by atoms with Gasteiger partial charge in [0.25, 0.3) is 0 Å². The lowest BCUT2D eigenvalue weighted by atomic mass is 10.1. The molecule has 1 aromatic rings. The van der Waals surface area contributed by atoms with Crippen LogP contribution in [-0.2, 0) is 9.59 Å². The van der Waals surface area contributed by atoms with Crippen molar-refractivity contribution < 1.29 is 14.7 Å². The maximum absolute atomic E-state index is 11.2. The lowest BCUT2D eigenvalue weighted by Crippen LogP contribution is -2.32. The van der Waals surface area contributed by atoms with Crippen LogP contribution in [0.5, 0.6) is 0 Å². The zero-order valence-electron chi connectivity index (χ0n) is 10.3. The second-order valence-corrected chi connectivity index (χ2v) is 3.84. The first-order chi connectivity index (χ1) is 8.65. The van der Waals surface area contributed by atoms with E-state index in [9.17, 15) is 9.59 Å². The van der Waals surface area contributed by atoms with E-state index in [1.165, 1.54) is 0 Å². The molecule has 3 N–H and O–H groups in total. The first-order valence-electron chi connectivity index (χ1n) is 5.93. The molecule has 0 saturated carbocycles. The van der Waals surface area contributed by atoms with Crippen molar-refractivity contribution in [3.05, 3.63) is 35.9 Å². The number of carboxylic acid groups (broad SMARTS) is 1. The van der Waals surface area contributed by atoms with Crippen LogP contribution in [0, 0.1) is 0 Å². The largest absolute Gasteiger partial charge is 0.480 e. The fourth-order valence-electron chi connectivity index (χ4n) is 1.61. The predicted molar refractivity (Wildman–Crippen MR) is 68.1 cm³/mol. The molecule has 5 nitrogen and oxygen atoms in total. The number of carbonyl (C=O) groups excluding carboxylic acids is 1. The van der Waals surface area contributed by atoms with Crippen LogP contribution in [0.25, 0.3) is 0 Å². The number of carbonyl (C=O) groups is 2. The summed E-state index contributed by atoms with van der Waals surface area (Å²) in [5, 5.41) is 14.7. The van der Waals surface area contributed by atoms with Crippen molar-refractivity contribution in [2.75, 3.05) is 13.1 Å². The Morgan fingerprint density at radius 2 is 1.94 bits per heavy atom. The molecule has 0 aliphatic carbocycles. The molecule has 5 heteroatoms. The molecule has 1 unspecified atom stereocenters. The van der Waals surface area contributed by atoms with Gasteiger partial charge in [-0.25, -0.2) is 0 Å². The number of aliphatic carboxylic acids is 1. The topological polar surface area (TPSA) is 78.4 Å². The summed E-state index contributed by atoms with van der Waals surface area (Å²) in [7, 11) is 0. The molecule has 0 aliphatic rings. The van der Waals surface area contributed by atoms with Crippen molar-refractivity contribution in [2.24, 2.45) is 0 Å². The zero-order chi connectivity index (χ0) is 13.4. The number of amides is 1. The quantitative estimate of drug-likeness (QED) is 0.672. The minimum atomic E-state index is -0.947. The molecule has 1 atom stereocenters. The van der Waals surface area contributed by atoms with E-state index in [-0.39, 0.29) is 12.3 Å². The van der Waals surface area contributed by atoms with Gasteiger partial charge < -0.3 is 15.7 Å². The average Bonchev–Trinajstić information content (AvgIpc) is 2.35. The number of hydrogen-bond acceptors (Lipinski definition) is 3. The Labute approximate surface area is 106 Å². The lowest BCUT2D eigenvalue weighted by Gasteiger charge is -2.14. The van der Waals surface area contributed by atoms with Crippen LogP contribution < -0.4 is 10.6 Å². The van der Waals surface area contributed by atoms with E-state index in [2.05, 4.69) is 10.6 Å². The van der Waals surface area contributed by atoms with Gasteiger partial charge in [0.05, 0.1) is 0 Å². The highest BCUT2D eigenvalue weighted by Crippen LogP contribution is 2.12. The van der Waals surface area contributed by atoms with Crippen LogP contribution in [0.1, 0.15) is 24.9 Å². The molecule has 0 bridgehead atoms. The van der Waals surface area contributed by atoms with Gasteiger partial charge in [0.2, 0.25) is 5.91 Å². The van der Waals surface area contributed by atoms with Crippen molar-refractivity contribution in [1.29, 1.82) is 0 Å². The third-order valence-corrected chi connectivity index (χ3v) is 2.45. The average molecular weight is 250 g/mol. The van der Waals surface area contributed by atoms with Gasteiger partial charge in [0.15, 0.2) is 0 Å². The monoisotopic (exact) mass is 250 g/mol. The zero-order valence-corrected chi connectivity index (χ0v) is 10.3. The third-order valence-electron chi connectivity index (χ3n) is 2.45. The molecule has 0 spiro atoms. The number of benzene rings is 1. The molecule has 1 aromatic carbocycles. The van der Waals surface area contributed by atoms with Gasteiger partial charge in [-0.2, -0.15) is 0 Å². The van der Waals surface area contributed by atoms with Crippen molar-refractivity contribution in [3.8, 4) is 0 Å². The third kappa shape index (κ3) is 4.55. The molecule has 98 valence electrons. The normalized spacial score (nSPS) is 11.8. The highest BCUT2D eigenvalue weighted by atomic mass is 16.4. The summed E-state index contributed by atoms with van der Waals surface area (Å²) >= 11 is 0. The van der Waals surface area contributed by atoms with E-state index < -0.39 is 12.0 Å². The molecule has 0 saturated heterocycles. The Morgan fingerprint density at radius 3 is 2.50 bits per heavy atom. The SMILES string of the molecule is CCNC(=O)CCNC(C(=O)O)c1ccccc1. The van der Waals surface area contributed by atoms with Crippen LogP contribution in [-0.4, -0.2) is 30.1 Å². The predicted octanol–water partition coefficient (Wildman–Crippen LogP) is 0.928. The highest BCUT2D eigenvalue weighted by molar-refractivity contribution is 5.77. The maximum Gasteiger partial charge on any atom is 0.325 e. The lowest BCUT2D eigenvalue weighted by molar-refractivity contribution is -0.139. The summed E-state index contributed by atoms with van der Waals surface area (Å²) in [6.07, 6.45) is 0.268. The maximum atomic E-state index is 11.2. The van der Waals surface area contributed by atoms with Gasteiger partial charge in [-0.15, -0.1) is 0 Å². The molecular formula is C13H18N2O3. The van der Waals surface area contributed by atoms with Gasteiger partial charge in [-0.05, 0) is 12.5 Å². The summed E-state index contributed by atoms with van der Waals surface area (Å²) in [5.41, 5.74) is 0.681. The van der Waals surface area contributed by atoms with Crippen LogP contribution in [0.3, 0.4) is 0 Å². The molecule has 0 heterocycles. The van der Waals surface area contributed by atoms with E-state index in [0.29, 0.717) is 18.7 Å². The molecule has 0 aliphatic heterocycles. The van der Waals surface area contributed by atoms with Gasteiger partial charge in [0, 0.05) is 19.5 Å². The Balaban J connectivity index is 2.50. The molecule has 1 rings (SSSR count). The standard InChI is InChI=1S/C13H18N2O3/c1-2-14-11(16)8-9-15-12(13(17)18)10-6-4-3-5-7-10/h3-7,12,15H,2,8-9H2,1H3,(H,14,16)(H,17,18). The fourth-order valence-corrected chi connectivity index (χ4v) is 1.61. The van der Waals surface area contributed by atoms with Gasteiger partial charge >= 0.3 is 5.97 Å². The Morgan fingerprint density at radius 1 is 1.28 bits per heavy atom. The van der Waals surface area contributed by atoms with E-state index in [1.54, 1.807) is 24.3 Å². The van der Waals surface area contributed by atoms with E-state index in [1.807, 2.05) is 13.0 Å². The van der Waals surface area contributed by atoms with Crippen molar-refractivity contribution in [3.63, 3.8) is 0 Å². The minimum absolute atomic E-state index is 0.0813. The van der Waals surface area contributed by atoms with E-state index in [4.69, 9.17) is 5.11 Å². The molecule has 0 radical (unpaired) electrons. The Hall–Kier alpha value is -1.88. The van der Waals surface area contributed by atoms with Gasteiger partial charge in [-0.1, -0.05) is 30.3 Å². The first kappa shape index (κ1) is 14.2. The van der Waals surface area contributed by atoms with Crippen molar-refractivity contribution in [1.82, 2.24) is 10.6 Å². The molecule has 1 amide bonds. The summed E-state index contributed by atoms with van der Waals surface area (Å²) in [6, 6.07) is 8.13. The highest BCUT2D eigenvalue weighted by Gasteiger charge is 2.18. The van der Waals surface area contributed by atoms with Crippen molar-refractivity contribution in [2.45, 2.75) is 19.4 Å². The van der Waals surface area contributed by atoms with Crippen LogP contribution in [0.4, 0.5) is 0 Å². The Bertz CT molecular complexity index is 392.